The number of halogens is 1. The van der Waals surface area contributed by atoms with Crippen LogP contribution >= 0.6 is 11.6 Å². The van der Waals surface area contributed by atoms with Crippen LogP contribution in [0.3, 0.4) is 0 Å². The van der Waals surface area contributed by atoms with Crippen molar-refractivity contribution < 1.29 is 19.1 Å². The highest BCUT2D eigenvalue weighted by Crippen LogP contribution is 2.36. The molecule has 0 radical (unpaired) electrons. The maximum absolute atomic E-state index is 12.7. The third-order valence-electron chi connectivity index (χ3n) is 5.30. The summed E-state index contributed by atoms with van der Waals surface area (Å²) in [5.41, 5.74) is 0.780. The van der Waals surface area contributed by atoms with Crippen LogP contribution in [0.15, 0.2) is 61.2 Å². The lowest BCUT2D eigenvalue weighted by Crippen LogP contribution is -2.48. The molecule has 3 aromatic rings. The number of Topliss-reactive ketones (excluding diaryl/α,β-unsaturated/α-hetero) is 1. The average molecular weight is 465 g/mol. The summed E-state index contributed by atoms with van der Waals surface area (Å²) in [5.74, 6) is 0.242. The van der Waals surface area contributed by atoms with Crippen LogP contribution in [0.5, 0.6) is 11.5 Å². The van der Waals surface area contributed by atoms with Gasteiger partial charge in [-0.1, -0.05) is 23.7 Å². The first-order valence-electron chi connectivity index (χ1n) is 10.3. The molecule has 1 aliphatic rings. The highest BCUT2D eigenvalue weighted by Gasteiger charge is 2.51. The highest BCUT2D eigenvalue weighted by atomic mass is 35.5. The van der Waals surface area contributed by atoms with Gasteiger partial charge in [0.15, 0.2) is 5.78 Å². The molecule has 2 N–H and O–H groups in total. The zero-order valence-corrected chi connectivity index (χ0v) is 18.6. The van der Waals surface area contributed by atoms with E-state index in [0.717, 1.165) is 5.56 Å². The minimum Gasteiger partial charge on any atom is -0.456 e. The number of ketones is 1. The van der Waals surface area contributed by atoms with Crippen LogP contribution in [-0.2, 0) is 11.3 Å². The number of benzene rings is 2. The summed E-state index contributed by atoms with van der Waals surface area (Å²) in [4.78, 5) is 44.2. The summed E-state index contributed by atoms with van der Waals surface area (Å²) in [6, 6.07) is 12.0. The van der Waals surface area contributed by atoms with E-state index in [1.807, 2.05) is 12.1 Å². The summed E-state index contributed by atoms with van der Waals surface area (Å²) >= 11 is 6.17. The van der Waals surface area contributed by atoms with Crippen molar-refractivity contribution in [1.29, 1.82) is 0 Å². The van der Waals surface area contributed by atoms with Crippen molar-refractivity contribution in [2.75, 3.05) is 0 Å². The van der Waals surface area contributed by atoms with Crippen molar-refractivity contribution in [3.63, 3.8) is 0 Å². The summed E-state index contributed by atoms with van der Waals surface area (Å²) in [6.45, 7) is 1.77. The number of nitrogens with one attached hydrogen (secondary N) is 2. The normalized spacial score (nSPS) is 13.6. The van der Waals surface area contributed by atoms with Gasteiger partial charge in [-0.25, -0.2) is 9.97 Å². The zero-order valence-electron chi connectivity index (χ0n) is 17.8. The molecule has 1 aliphatic carbocycles. The van der Waals surface area contributed by atoms with Crippen molar-refractivity contribution >= 4 is 29.2 Å². The monoisotopic (exact) mass is 464 g/mol. The average Bonchev–Trinajstić information content (AvgIpc) is 3.61. The molecule has 9 heteroatoms. The molecular weight excluding hydrogens is 444 g/mol. The van der Waals surface area contributed by atoms with E-state index in [4.69, 9.17) is 16.3 Å². The van der Waals surface area contributed by atoms with E-state index < -0.39 is 5.54 Å². The molecule has 33 heavy (non-hydrogen) atoms. The van der Waals surface area contributed by atoms with Crippen molar-refractivity contribution in [3.05, 3.63) is 82.9 Å². The molecule has 0 aliphatic heterocycles. The molecule has 2 aromatic carbocycles. The minimum absolute atomic E-state index is 0.0793. The fourth-order valence-corrected chi connectivity index (χ4v) is 3.35. The van der Waals surface area contributed by atoms with E-state index in [1.165, 1.54) is 25.6 Å². The third kappa shape index (κ3) is 5.35. The van der Waals surface area contributed by atoms with E-state index in [9.17, 15) is 14.4 Å². The molecule has 8 nitrogen and oxygen atoms in total. The lowest BCUT2D eigenvalue weighted by Gasteiger charge is -2.17. The molecule has 1 aromatic heterocycles. The van der Waals surface area contributed by atoms with Gasteiger partial charge in [0.1, 0.15) is 23.4 Å². The lowest BCUT2D eigenvalue weighted by atomic mass is 10.1. The van der Waals surface area contributed by atoms with Crippen LogP contribution in [0, 0.1) is 0 Å². The molecule has 1 heterocycles. The largest absolute Gasteiger partial charge is 0.456 e. The number of rotatable bonds is 8. The fraction of sp³-hybridized carbons (Fsp3) is 0.208. The van der Waals surface area contributed by atoms with E-state index >= 15 is 0 Å². The Balaban J connectivity index is 1.33. The first kappa shape index (κ1) is 22.4. The number of carbonyl (C=O) groups excluding carboxylic acids is 3. The van der Waals surface area contributed by atoms with Crippen LogP contribution in [0.25, 0.3) is 0 Å². The molecular formula is C24H21ClN4O4. The van der Waals surface area contributed by atoms with Crippen LogP contribution in [0.1, 0.15) is 46.0 Å². The van der Waals surface area contributed by atoms with Gasteiger partial charge in [0, 0.05) is 24.5 Å². The Labute approximate surface area is 195 Å². The first-order valence-corrected chi connectivity index (χ1v) is 10.7. The maximum atomic E-state index is 12.7. The van der Waals surface area contributed by atoms with Crippen LogP contribution in [0.4, 0.5) is 0 Å². The second kappa shape index (κ2) is 9.38. The predicted octanol–water partition coefficient (Wildman–Crippen LogP) is 3.70. The van der Waals surface area contributed by atoms with E-state index in [0.29, 0.717) is 47.0 Å². The number of ether oxygens (including phenoxy) is 1. The molecule has 168 valence electrons. The van der Waals surface area contributed by atoms with Crippen LogP contribution < -0.4 is 15.4 Å². The van der Waals surface area contributed by atoms with Gasteiger partial charge in [-0.05, 0) is 55.7 Å². The van der Waals surface area contributed by atoms with Crippen LogP contribution in [0.2, 0.25) is 5.02 Å². The van der Waals surface area contributed by atoms with Gasteiger partial charge in [0.05, 0.1) is 10.6 Å². The standard InChI is InChI=1S/C24H21ClN4O4/c1-15(30)17-4-7-20(25)21(10-17)33-19-5-2-16(3-6-19)11-28-23(32)24(8-9-24)29-22(31)18-12-26-14-27-13-18/h2-7,10,12-14H,8-9,11H2,1H3,(H,28,32)(H,29,31). The Morgan fingerprint density at radius 2 is 1.73 bits per heavy atom. The Kier molecular flexibility index (Phi) is 6.37. The summed E-state index contributed by atoms with van der Waals surface area (Å²) < 4.78 is 5.80. The minimum atomic E-state index is -0.894. The van der Waals surface area contributed by atoms with Gasteiger partial charge >= 0.3 is 0 Å². The second-order valence-electron chi connectivity index (χ2n) is 7.79. The SMILES string of the molecule is CC(=O)c1ccc(Cl)c(Oc2ccc(CNC(=O)C3(NC(=O)c4cncnc4)CC3)cc2)c1. The number of amides is 2. The van der Waals surface area contributed by atoms with Crippen molar-refractivity contribution in [2.24, 2.45) is 0 Å². The topological polar surface area (TPSA) is 110 Å². The number of hydrogen-bond donors (Lipinski definition) is 2. The molecule has 1 fully saturated rings. The number of nitrogens with zero attached hydrogens (tertiary/aromatic N) is 2. The van der Waals surface area contributed by atoms with Gasteiger partial charge in [-0.15, -0.1) is 0 Å². The van der Waals surface area contributed by atoms with Crippen molar-refractivity contribution in [1.82, 2.24) is 20.6 Å². The molecule has 2 amide bonds. The molecule has 0 bridgehead atoms. The number of carbonyl (C=O) groups is 3. The second-order valence-corrected chi connectivity index (χ2v) is 8.20. The summed E-state index contributed by atoms with van der Waals surface area (Å²) in [7, 11) is 0. The van der Waals surface area contributed by atoms with Gasteiger partial charge in [0.25, 0.3) is 5.91 Å². The summed E-state index contributed by atoms with van der Waals surface area (Å²) in [6.07, 6.45) is 5.30. The zero-order chi connectivity index (χ0) is 23.4. The molecule has 0 spiro atoms. The smallest absolute Gasteiger partial charge is 0.255 e. The fourth-order valence-electron chi connectivity index (χ4n) is 3.19. The molecule has 4 rings (SSSR count). The third-order valence-corrected chi connectivity index (χ3v) is 5.61. The molecule has 0 unspecified atom stereocenters. The first-order chi connectivity index (χ1) is 15.9. The Hall–Kier alpha value is -3.78. The van der Waals surface area contributed by atoms with Crippen LogP contribution in [-0.4, -0.2) is 33.1 Å². The molecule has 0 atom stereocenters. The quantitative estimate of drug-likeness (QED) is 0.492. The highest BCUT2D eigenvalue weighted by molar-refractivity contribution is 6.32. The van der Waals surface area contributed by atoms with E-state index in [1.54, 1.807) is 30.3 Å². The molecule has 0 saturated heterocycles. The number of hydrogen-bond acceptors (Lipinski definition) is 6. The van der Waals surface area contributed by atoms with Gasteiger partial charge < -0.3 is 15.4 Å². The molecule has 1 saturated carbocycles. The van der Waals surface area contributed by atoms with E-state index in [-0.39, 0.29) is 17.6 Å². The Morgan fingerprint density at radius 1 is 1.03 bits per heavy atom. The lowest BCUT2D eigenvalue weighted by molar-refractivity contribution is -0.124. The van der Waals surface area contributed by atoms with Crippen molar-refractivity contribution in [2.45, 2.75) is 31.8 Å². The summed E-state index contributed by atoms with van der Waals surface area (Å²) in [5, 5.41) is 6.06. The Bertz CT molecular complexity index is 1190. The maximum Gasteiger partial charge on any atom is 0.255 e. The predicted molar refractivity (Wildman–Crippen MR) is 121 cm³/mol. The number of aromatic nitrogens is 2. The van der Waals surface area contributed by atoms with Gasteiger partial charge in [0.2, 0.25) is 5.91 Å². The van der Waals surface area contributed by atoms with Gasteiger partial charge in [-0.3, -0.25) is 14.4 Å². The van der Waals surface area contributed by atoms with Gasteiger partial charge in [-0.2, -0.15) is 0 Å². The van der Waals surface area contributed by atoms with Crippen molar-refractivity contribution in [3.8, 4) is 11.5 Å². The Morgan fingerprint density at radius 3 is 2.36 bits per heavy atom. The van der Waals surface area contributed by atoms with E-state index in [2.05, 4.69) is 20.6 Å².